The highest BCUT2D eigenvalue weighted by molar-refractivity contribution is 8.14. The van der Waals surface area contributed by atoms with E-state index in [1.807, 2.05) is 18.2 Å². The van der Waals surface area contributed by atoms with Crippen molar-refractivity contribution in [1.29, 1.82) is 0 Å². The zero-order valence-corrected chi connectivity index (χ0v) is 12.4. The van der Waals surface area contributed by atoms with Crippen molar-refractivity contribution < 1.29 is 9.59 Å². The second-order valence-corrected chi connectivity index (χ2v) is 6.15. The minimum atomic E-state index is -0.197. The number of hydrogen-bond acceptors (Lipinski definition) is 5. The highest BCUT2D eigenvalue weighted by Crippen LogP contribution is 2.28. The first kappa shape index (κ1) is 14.0. The van der Waals surface area contributed by atoms with Gasteiger partial charge >= 0.3 is 0 Å². The van der Waals surface area contributed by atoms with Gasteiger partial charge in [-0.2, -0.15) is 0 Å². The first-order valence-electron chi connectivity index (χ1n) is 5.91. The molecule has 2 rings (SSSR count). The molecule has 0 spiro atoms. The predicted molar refractivity (Wildman–Crippen MR) is 80.8 cm³/mol. The van der Waals surface area contributed by atoms with Gasteiger partial charge in [0.1, 0.15) is 0 Å². The van der Waals surface area contributed by atoms with Crippen LogP contribution < -0.4 is 5.32 Å². The number of para-hydroxylation sites is 1. The molecule has 1 heterocycles. The molecular formula is C13H14N2O2S2. The summed E-state index contributed by atoms with van der Waals surface area (Å²) in [6.07, 6.45) is 0.911. The van der Waals surface area contributed by atoms with Crippen LogP contribution in [0.1, 0.15) is 19.4 Å². The van der Waals surface area contributed by atoms with Crippen molar-refractivity contribution in [1.82, 2.24) is 4.98 Å². The van der Waals surface area contributed by atoms with Crippen LogP contribution in [0.2, 0.25) is 0 Å². The summed E-state index contributed by atoms with van der Waals surface area (Å²) in [7, 11) is 0. The Kier molecular flexibility index (Phi) is 4.55. The summed E-state index contributed by atoms with van der Waals surface area (Å²) < 4.78 is 1.06. The molecule has 19 heavy (non-hydrogen) atoms. The van der Waals surface area contributed by atoms with E-state index in [9.17, 15) is 9.59 Å². The maximum Gasteiger partial charge on any atom is 0.236 e. The molecule has 100 valence electrons. The van der Waals surface area contributed by atoms with Gasteiger partial charge in [0.05, 0.1) is 16.0 Å². The molecule has 0 aliphatic carbocycles. The number of aromatic nitrogens is 1. The highest BCUT2D eigenvalue weighted by atomic mass is 32.2. The van der Waals surface area contributed by atoms with Gasteiger partial charge in [-0.25, -0.2) is 4.98 Å². The number of anilines is 1. The quantitative estimate of drug-likeness (QED) is 0.941. The van der Waals surface area contributed by atoms with Gasteiger partial charge in [-0.05, 0) is 18.1 Å². The van der Waals surface area contributed by atoms with Crippen LogP contribution in [0, 0.1) is 0 Å². The smallest absolute Gasteiger partial charge is 0.236 e. The van der Waals surface area contributed by atoms with Crippen molar-refractivity contribution in [2.45, 2.75) is 20.3 Å². The fraction of sp³-hybridized carbons (Fsp3) is 0.308. The number of amides is 1. The van der Waals surface area contributed by atoms with Crippen LogP contribution in [0.5, 0.6) is 0 Å². The lowest BCUT2D eigenvalue weighted by Gasteiger charge is -1.98. The standard InChI is InChI=1S/C13H14N2O2S2/c1-3-9-5-4-6-10-12(9)15-13(19-10)14-11(17)7-18-8(2)16/h4-6H,3,7H2,1-2H3,(H,14,15,17). The SMILES string of the molecule is CCc1cccc2sc(NC(=O)CSC(C)=O)nc12. The molecule has 1 N–H and O–H groups in total. The van der Waals surface area contributed by atoms with E-state index in [0.29, 0.717) is 5.13 Å². The van der Waals surface area contributed by atoms with E-state index in [0.717, 1.165) is 28.4 Å². The lowest BCUT2D eigenvalue weighted by Crippen LogP contribution is -2.14. The van der Waals surface area contributed by atoms with Crippen LogP contribution in [0.4, 0.5) is 5.13 Å². The molecule has 0 bridgehead atoms. The van der Waals surface area contributed by atoms with Gasteiger partial charge in [0.2, 0.25) is 5.91 Å². The number of thiazole rings is 1. The number of benzene rings is 1. The van der Waals surface area contributed by atoms with Gasteiger partial charge in [0.15, 0.2) is 10.2 Å². The Hall–Kier alpha value is -1.40. The summed E-state index contributed by atoms with van der Waals surface area (Å²) in [5.41, 5.74) is 2.12. The van der Waals surface area contributed by atoms with Gasteiger partial charge < -0.3 is 5.32 Å². The van der Waals surface area contributed by atoms with Gasteiger partial charge in [0.25, 0.3) is 0 Å². The van der Waals surface area contributed by atoms with Gasteiger partial charge in [-0.1, -0.05) is 42.2 Å². The topological polar surface area (TPSA) is 59.1 Å². The van der Waals surface area contributed by atoms with E-state index in [4.69, 9.17) is 0 Å². The first-order valence-corrected chi connectivity index (χ1v) is 7.72. The summed E-state index contributed by atoms with van der Waals surface area (Å²) in [5, 5.41) is 3.26. The Balaban J connectivity index is 2.13. The van der Waals surface area contributed by atoms with E-state index in [1.54, 1.807) is 0 Å². The predicted octanol–water partition coefficient (Wildman–Crippen LogP) is 3.08. The Morgan fingerprint density at radius 3 is 2.89 bits per heavy atom. The zero-order valence-electron chi connectivity index (χ0n) is 10.7. The molecule has 4 nitrogen and oxygen atoms in total. The maximum atomic E-state index is 11.6. The number of nitrogens with one attached hydrogen (secondary N) is 1. The van der Waals surface area contributed by atoms with E-state index >= 15 is 0 Å². The average Bonchev–Trinajstić information content (AvgIpc) is 2.78. The van der Waals surface area contributed by atoms with Crippen LogP contribution >= 0.6 is 23.1 Å². The lowest BCUT2D eigenvalue weighted by atomic mass is 10.1. The molecule has 1 amide bonds. The fourth-order valence-corrected chi connectivity index (χ4v) is 3.00. The minimum Gasteiger partial charge on any atom is -0.301 e. The second kappa shape index (κ2) is 6.16. The summed E-state index contributed by atoms with van der Waals surface area (Å²) in [6, 6.07) is 6.03. The van der Waals surface area contributed by atoms with E-state index < -0.39 is 0 Å². The van der Waals surface area contributed by atoms with Crippen molar-refractivity contribution in [3.63, 3.8) is 0 Å². The fourth-order valence-electron chi connectivity index (χ4n) is 1.67. The number of carbonyl (C=O) groups is 2. The normalized spacial score (nSPS) is 10.6. The number of hydrogen-bond donors (Lipinski definition) is 1. The number of carbonyl (C=O) groups excluding carboxylic acids is 2. The number of aryl methyl sites for hydroxylation is 1. The molecular weight excluding hydrogens is 280 g/mol. The summed E-state index contributed by atoms with van der Waals surface area (Å²) in [4.78, 5) is 26.9. The average molecular weight is 294 g/mol. The highest BCUT2D eigenvalue weighted by Gasteiger charge is 2.10. The Labute approximate surface area is 119 Å². The molecule has 6 heteroatoms. The van der Waals surface area contributed by atoms with Gasteiger partial charge in [0, 0.05) is 6.92 Å². The number of rotatable bonds is 4. The number of nitrogens with zero attached hydrogens (tertiary/aromatic N) is 1. The molecule has 0 saturated carbocycles. The Bertz CT molecular complexity index is 622. The van der Waals surface area contributed by atoms with Gasteiger partial charge in [-0.15, -0.1) is 0 Å². The Morgan fingerprint density at radius 1 is 1.42 bits per heavy atom. The summed E-state index contributed by atoms with van der Waals surface area (Å²) in [6.45, 7) is 3.53. The lowest BCUT2D eigenvalue weighted by molar-refractivity contribution is -0.114. The van der Waals surface area contributed by atoms with Crippen LogP contribution in [-0.4, -0.2) is 21.8 Å². The molecule has 1 aromatic carbocycles. The van der Waals surface area contributed by atoms with Crippen molar-refractivity contribution in [3.05, 3.63) is 23.8 Å². The molecule has 0 radical (unpaired) electrons. The van der Waals surface area contributed by atoms with Crippen LogP contribution in [0.3, 0.4) is 0 Å². The van der Waals surface area contributed by atoms with E-state index in [2.05, 4.69) is 17.2 Å². The van der Waals surface area contributed by atoms with Gasteiger partial charge in [-0.3, -0.25) is 9.59 Å². The molecule has 0 unspecified atom stereocenters. The van der Waals surface area contributed by atoms with E-state index in [-0.39, 0.29) is 16.8 Å². The maximum absolute atomic E-state index is 11.6. The zero-order chi connectivity index (χ0) is 13.8. The molecule has 1 aromatic heterocycles. The minimum absolute atomic E-state index is 0.0623. The van der Waals surface area contributed by atoms with Crippen molar-refractivity contribution >= 4 is 49.5 Å². The molecule has 0 fully saturated rings. The third-order valence-electron chi connectivity index (χ3n) is 2.54. The van der Waals surface area contributed by atoms with E-state index in [1.165, 1.54) is 23.8 Å². The third kappa shape index (κ3) is 3.54. The van der Waals surface area contributed by atoms with Crippen molar-refractivity contribution in [2.75, 3.05) is 11.1 Å². The number of fused-ring (bicyclic) bond motifs is 1. The largest absolute Gasteiger partial charge is 0.301 e. The monoisotopic (exact) mass is 294 g/mol. The molecule has 0 aliphatic heterocycles. The third-order valence-corrected chi connectivity index (χ3v) is 4.29. The molecule has 0 aliphatic rings. The van der Waals surface area contributed by atoms with Crippen molar-refractivity contribution in [3.8, 4) is 0 Å². The Morgan fingerprint density at radius 2 is 2.21 bits per heavy atom. The van der Waals surface area contributed by atoms with Crippen LogP contribution in [-0.2, 0) is 16.0 Å². The first-order chi connectivity index (χ1) is 9.10. The number of thioether (sulfide) groups is 1. The molecule has 0 saturated heterocycles. The van der Waals surface area contributed by atoms with Crippen molar-refractivity contribution in [2.24, 2.45) is 0 Å². The summed E-state index contributed by atoms with van der Waals surface area (Å²) in [5.74, 6) is -0.0661. The second-order valence-electron chi connectivity index (χ2n) is 3.96. The molecule has 0 atom stereocenters. The van der Waals surface area contributed by atoms with Crippen LogP contribution in [0.15, 0.2) is 18.2 Å². The van der Waals surface area contributed by atoms with Crippen LogP contribution in [0.25, 0.3) is 10.2 Å². The summed E-state index contributed by atoms with van der Waals surface area (Å²) >= 11 is 2.45. The molecule has 2 aromatic rings.